The smallest absolute Gasteiger partial charge is 0.312 e. The van der Waals surface area contributed by atoms with Crippen LogP contribution in [0.25, 0.3) is 5.69 Å². The van der Waals surface area contributed by atoms with Gasteiger partial charge in [-0.3, -0.25) is 14.6 Å². The fraction of sp³-hybridized carbons (Fsp3) is 0.438. The summed E-state index contributed by atoms with van der Waals surface area (Å²) in [6.45, 7) is 0.860. The zero-order valence-electron chi connectivity index (χ0n) is 13.5. The summed E-state index contributed by atoms with van der Waals surface area (Å²) >= 11 is 0. The van der Waals surface area contributed by atoms with E-state index >= 15 is 0 Å². The van der Waals surface area contributed by atoms with E-state index in [9.17, 15) is 14.0 Å². The van der Waals surface area contributed by atoms with Crippen LogP contribution in [0.15, 0.2) is 24.7 Å². The van der Waals surface area contributed by atoms with Gasteiger partial charge in [-0.15, -0.1) is 4.80 Å². The van der Waals surface area contributed by atoms with Crippen LogP contribution in [0.5, 0.6) is 0 Å². The molecule has 2 amide bonds. The highest BCUT2D eigenvalue weighted by Crippen LogP contribution is 2.26. The van der Waals surface area contributed by atoms with E-state index in [1.165, 1.54) is 34.4 Å². The first-order valence-corrected chi connectivity index (χ1v) is 8.24. The lowest BCUT2D eigenvalue weighted by Gasteiger charge is -2.42. The maximum absolute atomic E-state index is 14.3. The SMILES string of the molecule is O=C1C(=O)N(C2CCC2)CCN1Cc1ncc(-n2nccn2)cc1F. The zero-order chi connectivity index (χ0) is 17.4. The Morgan fingerprint density at radius 2 is 1.88 bits per heavy atom. The number of pyridine rings is 1. The van der Waals surface area contributed by atoms with Gasteiger partial charge in [0.25, 0.3) is 0 Å². The van der Waals surface area contributed by atoms with Crippen molar-refractivity contribution in [2.75, 3.05) is 13.1 Å². The average Bonchev–Trinajstić information content (AvgIpc) is 3.09. The Morgan fingerprint density at radius 3 is 2.52 bits per heavy atom. The van der Waals surface area contributed by atoms with Gasteiger partial charge in [0, 0.05) is 25.2 Å². The molecule has 1 aliphatic heterocycles. The first-order valence-electron chi connectivity index (χ1n) is 8.24. The molecule has 0 bridgehead atoms. The third-order valence-electron chi connectivity index (χ3n) is 4.75. The number of hydrogen-bond donors (Lipinski definition) is 0. The predicted octanol–water partition coefficient (Wildman–Crippen LogP) is 0.525. The number of amides is 2. The molecule has 0 radical (unpaired) electrons. The molecule has 2 aromatic heterocycles. The van der Waals surface area contributed by atoms with Crippen LogP contribution in [0.2, 0.25) is 0 Å². The number of carbonyl (C=O) groups is 2. The van der Waals surface area contributed by atoms with Crippen molar-refractivity contribution in [3.63, 3.8) is 0 Å². The first-order chi connectivity index (χ1) is 12.1. The van der Waals surface area contributed by atoms with Crippen LogP contribution >= 0.6 is 0 Å². The van der Waals surface area contributed by atoms with Crippen LogP contribution in [0.4, 0.5) is 4.39 Å². The molecular weight excluding hydrogens is 327 g/mol. The molecule has 2 fully saturated rings. The second-order valence-electron chi connectivity index (χ2n) is 6.25. The summed E-state index contributed by atoms with van der Waals surface area (Å²) in [4.78, 5) is 32.9. The Balaban J connectivity index is 1.47. The van der Waals surface area contributed by atoms with Crippen LogP contribution in [0.1, 0.15) is 25.0 Å². The topological polar surface area (TPSA) is 84.2 Å². The number of rotatable bonds is 4. The number of piperazine rings is 1. The molecule has 8 nitrogen and oxygen atoms in total. The van der Waals surface area contributed by atoms with Crippen LogP contribution in [0.3, 0.4) is 0 Å². The van der Waals surface area contributed by atoms with Gasteiger partial charge in [-0.25, -0.2) is 4.39 Å². The van der Waals surface area contributed by atoms with Crippen LogP contribution in [0, 0.1) is 5.82 Å². The highest BCUT2D eigenvalue weighted by Gasteiger charge is 2.38. The van der Waals surface area contributed by atoms with E-state index in [0.717, 1.165) is 19.3 Å². The molecule has 0 spiro atoms. The Labute approximate surface area is 143 Å². The van der Waals surface area contributed by atoms with Gasteiger partial charge in [-0.1, -0.05) is 0 Å². The average molecular weight is 344 g/mol. The first kappa shape index (κ1) is 15.7. The van der Waals surface area contributed by atoms with Gasteiger partial charge < -0.3 is 9.80 Å². The van der Waals surface area contributed by atoms with E-state index in [4.69, 9.17) is 0 Å². The lowest BCUT2D eigenvalue weighted by molar-refractivity contribution is -0.159. The van der Waals surface area contributed by atoms with E-state index in [-0.39, 0.29) is 18.3 Å². The molecule has 3 heterocycles. The van der Waals surface area contributed by atoms with Crippen molar-refractivity contribution in [3.05, 3.63) is 36.2 Å². The summed E-state index contributed by atoms with van der Waals surface area (Å²) in [7, 11) is 0. The Hall–Kier alpha value is -2.84. The molecule has 0 N–H and O–H groups in total. The van der Waals surface area contributed by atoms with Gasteiger partial charge in [0.05, 0.1) is 30.8 Å². The molecule has 130 valence electrons. The highest BCUT2D eigenvalue weighted by molar-refractivity contribution is 6.35. The summed E-state index contributed by atoms with van der Waals surface area (Å²) in [5.41, 5.74) is 0.512. The summed E-state index contributed by atoms with van der Waals surface area (Å²) in [5, 5.41) is 7.83. The predicted molar refractivity (Wildman–Crippen MR) is 83.9 cm³/mol. The number of nitrogens with zero attached hydrogens (tertiary/aromatic N) is 6. The quantitative estimate of drug-likeness (QED) is 0.755. The van der Waals surface area contributed by atoms with Gasteiger partial charge in [-0.05, 0) is 19.3 Å². The van der Waals surface area contributed by atoms with E-state index in [0.29, 0.717) is 18.8 Å². The van der Waals surface area contributed by atoms with E-state index in [2.05, 4.69) is 15.2 Å². The molecular formula is C16H17FN6O2. The maximum Gasteiger partial charge on any atom is 0.312 e. The number of carbonyl (C=O) groups excluding carboxylic acids is 2. The monoisotopic (exact) mass is 344 g/mol. The second kappa shape index (κ2) is 6.23. The Kier molecular flexibility index (Phi) is 3.90. The molecule has 0 aromatic carbocycles. The molecule has 9 heteroatoms. The zero-order valence-corrected chi connectivity index (χ0v) is 13.5. The molecule has 1 aliphatic carbocycles. The fourth-order valence-corrected chi connectivity index (χ4v) is 3.10. The minimum atomic E-state index is -0.586. The number of halogens is 1. The maximum atomic E-state index is 14.3. The van der Waals surface area contributed by atoms with Gasteiger partial charge in [-0.2, -0.15) is 10.2 Å². The second-order valence-corrected chi connectivity index (χ2v) is 6.25. The lowest BCUT2D eigenvalue weighted by Crippen LogP contribution is -2.58. The molecule has 1 saturated carbocycles. The van der Waals surface area contributed by atoms with Gasteiger partial charge in [0.2, 0.25) is 0 Å². The van der Waals surface area contributed by atoms with Crippen molar-refractivity contribution in [1.29, 1.82) is 0 Å². The minimum absolute atomic E-state index is 0.0261. The van der Waals surface area contributed by atoms with Gasteiger partial charge in [0.1, 0.15) is 11.5 Å². The Bertz CT molecular complexity index is 805. The number of aromatic nitrogens is 4. The van der Waals surface area contributed by atoms with Crippen LogP contribution < -0.4 is 0 Å². The van der Waals surface area contributed by atoms with E-state index < -0.39 is 17.6 Å². The van der Waals surface area contributed by atoms with Crippen molar-refractivity contribution >= 4 is 11.8 Å². The third kappa shape index (κ3) is 2.86. The van der Waals surface area contributed by atoms with E-state index in [1.54, 1.807) is 4.90 Å². The summed E-state index contributed by atoms with van der Waals surface area (Å²) in [5.74, 6) is -1.64. The van der Waals surface area contributed by atoms with Crippen molar-refractivity contribution in [1.82, 2.24) is 29.8 Å². The van der Waals surface area contributed by atoms with Gasteiger partial charge >= 0.3 is 11.8 Å². The summed E-state index contributed by atoms with van der Waals surface area (Å²) in [6.07, 6.45) is 7.42. The lowest BCUT2D eigenvalue weighted by atomic mass is 9.91. The highest BCUT2D eigenvalue weighted by atomic mass is 19.1. The van der Waals surface area contributed by atoms with Crippen molar-refractivity contribution in [2.45, 2.75) is 31.8 Å². The Morgan fingerprint density at radius 1 is 1.12 bits per heavy atom. The molecule has 2 aliphatic rings. The minimum Gasteiger partial charge on any atom is -0.330 e. The molecule has 1 saturated heterocycles. The summed E-state index contributed by atoms with van der Waals surface area (Å²) < 4.78 is 14.3. The summed E-state index contributed by atoms with van der Waals surface area (Å²) in [6, 6.07) is 1.45. The molecule has 2 aromatic rings. The molecule has 25 heavy (non-hydrogen) atoms. The van der Waals surface area contributed by atoms with Crippen LogP contribution in [-0.4, -0.2) is 60.7 Å². The van der Waals surface area contributed by atoms with Gasteiger partial charge in [0.15, 0.2) is 0 Å². The van der Waals surface area contributed by atoms with Crippen molar-refractivity contribution < 1.29 is 14.0 Å². The van der Waals surface area contributed by atoms with Crippen LogP contribution in [-0.2, 0) is 16.1 Å². The third-order valence-corrected chi connectivity index (χ3v) is 4.75. The van der Waals surface area contributed by atoms with Crippen molar-refractivity contribution in [3.8, 4) is 5.69 Å². The molecule has 4 rings (SSSR count). The standard InChI is InChI=1S/C16H17FN6O2/c17-13-8-12(23-19-4-5-20-23)9-18-14(13)10-21-6-7-22(11-2-1-3-11)16(25)15(21)24/h4-5,8-9,11H,1-3,6-7,10H2. The molecule has 0 unspecified atom stereocenters. The number of hydrogen-bond acceptors (Lipinski definition) is 5. The fourth-order valence-electron chi connectivity index (χ4n) is 3.10. The van der Waals surface area contributed by atoms with E-state index in [1.807, 2.05) is 0 Å². The normalized spacial score (nSPS) is 18.6. The largest absolute Gasteiger partial charge is 0.330 e. The molecule has 0 atom stereocenters. The van der Waals surface area contributed by atoms with Crippen molar-refractivity contribution in [2.24, 2.45) is 0 Å².